The molecule has 0 fully saturated rings. The Morgan fingerprint density at radius 1 is 1.15 bits per heavy atom. The maximum absolute atomic E-state index is 12.1. The first-order valence-electron chi connectivity index (χ1n) is 8.00. The fraction of sp³-hybridized carbons (Fsp3) is 0.263. The Labute approximate surface area is 167 Å². The summed E-state index contributed by atoms with van der Waals surface area (Å²) in [5, 5.41) is 3.66. The molecule has 2 rings (SSSR count). The molecule has 138 valence electrons. The van der Waals surface area contributed by atoms with Gasteiger partial charge in [0.15, 0.2) is 5.78 Å². The summed E-state index contributed by atoms with van der Waals surface area (Å²) in [5.41, 5.74) is 2.04. The van der Waals surface area contributed by atoms with E-state index in [0.717, 1.165) is 11.3 Å². The molecule has 0 unspecified atom stereocenters. The SMILES string of the molecule is CCOc1ccc(C(C)=O)cc1CSCC(=O)Nc1ccc(Cl)cc1Cl. The number of carbonyl (C=O) groups excluding carboxylic acids is 2. The molecule has 0 aliphatic rings. The third-order valence-electron chi connectivity index (χ3n) is 3.46. The average Bonchev–Trinajstić information content (AvgIpc) is 2.59. The molecule has 0 spiro atoms. The van der Waals surface area contributed by atoms with E-state index in [-0.39, 0.29) is 17.4 Å². The van der Waals surface area contributed by atoms with E-state index in [1.807, 2.05) is 13.0 Å². The molecule has 2 aromatic rings. The monoisotopic (exact) mass is 411 g/mol. The lowest BCUT2D eigenvalue weighted by Crippen LogP contribution is -2.14. The predicted octanol–water partition coefficient (Wildman–Crippen LogP) is 5.47. The smallest absolute Gasteiger partial charge is 0.234 e. The van der Waals surface area contributed by atoms with Gasteiger partial charge in [-0.25, -0.2) is 0 Å². The van der Waals surface area contributed by atoms with Crippen molar-refractivity contribution in [2.75, 3.05) is 17.7 Å². The van der Waals surface area contributed by atoms with Gasteiger partial charge in [-0.15, -0.1) is 11.8 Å². The maximum atomic E-state index is 12.1. The average molecular weight is 412 g/mol. The van der Waals surface area contributed by atoms with Gasteiger partial charge in [-0.05, 0) is 50.2 Å². The topological polar surface area (TPSA) is 55.4 Å². The molecule has 0 radical (unpaired) electrons. The Morgan fingerprint density at radius 2 is 1.92 bits per heavy atom. The number of carbonyl (C=O) groups is 2. The first kappa shape index (κ1) is 20.6. The van der Waals surface area contributed by atoms with Gasteiger partial charge in [0.05, 0.1) is 23.1 Å². The first-order chi connectivity index (χ1) is 12.4. The highest BCUT2D eigenvalue weighted by Gasteiger charge is 2.10. The number of ketones is 1. The van der Waals surface area contributed by atoms with Crippen molar-refractivity contribution in [1.82, 2.24) is 0 Å². The van der Waals surface area contributed by atoms with Crippen LogP contribution in [0.1, 0.15) is 29.8 Å². The highest BCUT2D eigenvalue weighted by atomic mass is 35.5. The van der Waals surface area contributed by atoms with Crippen molar-refractivity contribution in [2.24, 2.45) is 0 Å². The molecule has 7 heteroatoms. The number of halogens is 2. The Bertz CT molecular complexity index is 811. The summed E-state index contributed by atoms with van der Waals surface area (Å²) in [6, 6.07) is 10.3. The Morgan fingerprint density at radius 3 is 2.58 bits per heavy atom. The molecule has 1 amide bonds. The maximum Gasteiger partial charge on any atom is 0.234 e. The molecular weight excluding hydrogens is 393 g/mol. The van der Waals surface area contributed by atoms with Gasteiger partial charge in [0.1, 0.15) is 5.75 Å². The van der Waals surface area contributed by atoms with Crippen LogP contribution in [0.5, 0.6) is 5.75 Å². The van der Waals surface area contributed by atoms with E-state index in [1.165, 1.54) is 18.7 Å². The van der Waals surface area contributed by atoms with Gasteiger partial charge >= 0.3 is 0 Å². The van der Waals surface area contributed by atoms with E-state index >= 15 is 0 Å². The second-order valence-electron chi connectivity index (χ2n) is 5.48. The zero-order valence-electron chi connectivity index (χ0n) is 14.5. The third kappa shape index (κ3) is 5.94. The summed E-state index contributed by atoms with van der Waals surface area (Å²) in [7, 11) is 0. The van der Waals surface area contributed by atoms with Crippen LogP contribution in [0.3, 0.4) is 0 Å². The van der Waals surface area contributed by atoms with Crippen molar-refractivity contribution < 1.29 is 14.3 Å². The number of anilines is 1. The zero-order chi connectivity index (χ0) is 19.1. The quantitative estimate of drug-likeness (QED) is 0.585. The van der Waals surface area contributed by atoms with E-state index in [0.29, 0.717) is 33.7 Å². The van der Waals surface area contributed by atoms with Gasteiger partial charge < -0.3 is 10.1 Å². The largest absolute Gasteiger partial charge is 0.494 e. The number of rotatable bonds is 8. The highest BCUT2D eigenvalue weighted by molar-refractivity contribution is 7.99. The summed E-state index contributed by atoms with van der Waals surface area (Å²) < 4.78 is 5.60. The number of ether oxygens (including phenoxy) is 1. The normalized spacial score (nSPS) is 10.5. The molecule has 0 bridgehead atoms. The van der Waals surface area contributed by atoms with E-state index in [9.17, 15) is 9.59 Å². The molecule has 4 nitrogen and oxygen atoms in total. The molecule has 2 aromatic carbocycles. The van der Waals surface area contributed by atoms with Crippen LogP contribution in [0, 0.1) is 0 Å². The van der Waals surface area contributed by atoms with Crippen molar-refractivity contribution in [1.29, 1.82) is 0 Å². The third-order valence-corrected chi connectivity index (χ3v) is 4.99. The van der Waals surface area contributed by atoms with Gasteiger partial charge in [-0.1, -0.05) is 23.2 Å². The van der Waals surface area contributed by atoms with Crippen LogP contribution in [0.25, 0.3) is 0 Å². The van der Waals surface area contributed by atoms with Gasteiger partial charge in [0.25, 0.3) is 0 Å². The zero-order valence-corrected chi connectivity index (χ0v) is 16.8. The lowest BCUT2D eigenvalue weighted by Gasteiger charge is -2.12. The summed E-state index contributed by atoms with van der Waals surface area (Å²) in [4.78, 5) is 23.7. The van der Waals surface area contributed by atoms with Gasteiger partial charge in [0, 0.05) is 21.9 Å². The van der Waals surface area contributed by atoms with E-state index in [1.54, 1.807) is 30.3 Å². The molecular formula is C19H19Cl2NO3S. The molecule has 0 saturated carbocycles. The van der Waals surface area contributed by atoms with E-state index in [2.05, 4.69) is 5.32 Å². The fourth-order valence-electron chi connectivity index (χ4n) is 2.24. The molecule has 0 saturated heterocycles. The summed E-state index contributed by atoms with van der Waals surface area (Å²) >= 11 is 13.3. The van der Waals surface area contributed by atoms with E-state index < -0.39 is 0 Å². The molecule has 1 N–H and O–H groups in total. The first-order valence-corrected chi connectivity index (χ1v) is 9.91. The number of benzene rings is 2. The van der Waals surface area contributed by atoms with Crippen molar-refractivity contribution in [3.63, 3.8) is 0 Å². The van der Waals surface area contributed by atoms with E-state index in [4.69, 9.17) is 27.9 Å². The van der Waals surface area contributed by atoms with Crippen molar-refractivity contribution in [2.45, 2.75) is 19.6 Å². The Hall–Kier alpha value is -1.69. The Kier molecular flexibility index (Phi) is 7.82. The molecule has 0 aliphatic heterocycles. The Balaban J connectivity index is 1.96. The molecule has 26 heavy (non-hydrogen) atoms. The minimum Gasteiger partial charge on any atom is -0.494 e. The van der Waals surface area contributed by atoms with Crippen molar-refractivity contribution in [3.8, 4) is 5.75 Å². The molecule has 0 atom stereocenters. The predicted molar refractivity (Wildman–Crippen MR) is 109 cm³/mol. The summed E-state index contributed by atoms with van der Waals surface area (Å²) in [5.74, 6) is 1.35. The van der Waals surface area contributed by atoms with Gasteiger partial charge in [0.2, 0.25) is 5.91 Å². The minimum atomic E-state index is -0.167. The number of amides is 1. The number of thioether (sulfide) groups is 1. The second kappa shape index (κ2) is 9.86. The van der Waals surface area contributed by atoms with Crippen LogP contribution in [-0.2, 0) is 10.5 Å². The standard InChI is InChI=1S/C19H19Cl2NO3S/c1-3-25-18-7-4-13(12(2)23)8-14(18)10-26-11-19(24)22-17-6-5-15(20)9-16(17)21/h4-9H,3,10-11H2,1-2H3,(H,22,24). The lowest BCUT2D eigenvalue weighted by molar-refractivity contribution is -0.113. The second-order valence-corrected chi connectivity index (χ2v) is 7.31. The van der Waals surface area contributed by atoms with Crippen LogP contribution in [0.15, 0.2) is 36.4 Å². The van der Waals surface area contributed by atoms with Crippen LogP contribution < -0.4 is 10.1 Å². The van der Waals surface area contributed by atoms with Gasteiger partial charge in [-0.2, -0.15) is 0 Å². The summed E-state index contributed by atoms with van der Waals surface area (Å²) in [6.45, 7) is 3.96. The van der Waals surface area contributed by atoms with Gasteiger partial charge in [-0.3, -0.25) is 9.59 Å². The van der Waals surface area contributed by atoms with Crippen molar-refractivity contribution in [3.05, 3.63) is 57.6 Å². The number of hydrogen-bond donors (Lipinski definition) is 1. The fourth-order valence-corrected chi connectivity index (χ4v) is 3.50. The minimum absolute atomic E-state index is 0.00517. The highest BCUT2D eigenvalue weighted by Crippen LogP contribution is 2.27. The van der Waals surface area contributed by atoms with Crippen LogP contribution in [0.4, 0.5) is 5.69 Å². The molecule has 0 aromatic heterocycles. The lowest BCUT2D eigenvalue weighted by atomic mass is 10.1. The molecule has 0 aliphatic carbocycles. The summed E-state index contributed by atoms with van der Waals surface area (Å²) in [6.07, 6.45) is 0. The van der Waals surface area contributed by atoms with Crippen molar-refractivity contribution >= 4 is 52.3 Å². The number of Topliss-reactive ketones (excluding diaryl/α,β-unsaturated/α-hetero) is 1. The molecule has 0 heterocycles. The number of hydrogen-bond acceptors (Lipinski definition) is 4. The van der Waals surface area contributed by atoms with Crippen LogP contribution >= 0.6 is 35.0 Å². The van der Waals surface area contributed by atoms with Crippen LogP contribution in [0.2, 0.25) is 10.0 Å². The number of nitrogens with one attached hydrogen (secondary N) is 1. The van der Waals surface area contributed by atoms with Crippen LogP contribution in [-0.4, -0.2) is 24.1 Å².